The molecule has 0 bridgehead atoms. The van der Waals surface area contributed by atoms with Gasteiger partial charge in [-0.15, -0.1) is 0 Å². The van der Waals surface area contributed by atoms with Crippen LogP contribution in [0, 0.1) is 19.8 Å². The van der Waals surface area contributed by atoms with Crippen LogP contribution in [0.4, 0.5) is 17.2 Å². The number of ether oxygens (including phenoxy) is 1. The topological polar surface area (TPSA) is 88.4 Å². The molecule has 2 aromatic heterocycles. The Labute approximate surface area is 187 Å². The molecule has 9 heteroatoms. The molecule has 166 valence electrons. The van der Waals surface area contributed by atoms with Gasteiger partial charge in [-0.25, -0.2) is 14.6 Å². The summed E-state index contributed by atoms with van der Waals surface area (Å²) in [6.45, 7) is 8.52. The standard InChI is InChI=1S/C23H27N7O2/c1-16-11-17(2)30(27-16)22-12-21(24-15-25-22)29-13-18(14-29)23(31)26-19-3-5-20(6-4-19)28-7-9-32-10-8-28/h3-6,11-12,15,18H,7-10,13-14H2,1-2H3,(H,26,31). The fourth-order valence-corrected chi connectivity index (χ4v) is 4.14. The van der Waals surface area contributed by atoms with Gasteiger partial charge in [-0.05, 0) is 44.2 Å². The molecule has 0 unspecified atom stereocenters. The number of morpholine rings is 1. The van der Waals surface area contributed by atoms with Gasteiger partial charge in [0.1, 0.15) is 12.1 Å². The number of amides is 1. The molecule has 1 N–H and O–H groups in total. The van der Waals surface area contributed by atoms with Gasteiger partial charge in [-0.2, -0.15) is 5.10 Å². The number of nitrogens with zero attached hydrogens (tertiary/aromatic N) is 6. The molecule has 0 saturated carbocycles. The van der Waals surface area contributed by atoms with E-state index in [1.165, 1.54) is 0 Å². The minimum atomic E-state index is -0.0685. The van der Waals surface area contributed by atoms with Crippen LogP contribution < -0.4 is 15.1 Å². The Morgan fingerprint density at radius 3 is 2.41 bits per heavy atom. The molecule has 2 fully saturated rings. The Morgan fingerprint density at radius 1 is 1.00 bits per heavy atom. The second-order valence-corrected chi connectivity index (χ2v) is 8.31. The van der Waals surface area contributed by atoms with Gasteiger partial charge in [0, 0.05) is 49.3 Å². The second-order valence-electron chi connectivity index (χ2n) is 8.31. The zero-order valence-corrected chi connectivity index (χ0v) is 18.4. The molecule has 5 rings (SSSR count). The zero-order valence-electron chi connectivity index (χ0n) is 18.4. The molecule has 0 aliphatic carbocycles. The van der Waals surface area contributed by atoms with Gasteiger partial charge >= 0.3 is 0 Å². The SMILES string of the molecule is Cc1cc(C)n(-c2cc(N3CC(C(=O)Nc4ccc(N5CCOCC5)cc4)C3)ncn2)n1. The van der Waals surface area contributed by atoms with Crippen LogP contribution in [0.2, 0.25) is 0 Å². The maximum Gasteiger partial charge on any atom is 0.231 e. The molecule has 1 amide bonds. The first-order valence-electron chi connectivity index (χ1n) is 10.9. The average molecular weight is 434 g/mol. The van der Waals surface area contributed by atoms with Crippen molar-refractivity contribution in [2.75, 3.05) is 54.5 Å². The number of aryl methyl sites for hydroxylation is 2. The Morgan fingerprint density at radius 2 is 1.72 bits per heavy atom. The number of anilines is 3. The summed E-state index contributed by atoms with van der Waals surface area (Å²) in [6.07, 6.45) is 1.55. The number of aromatic nitrogens is 4. The highest BCUT2D eigenvalue weighted by Crippen LogP contribution is 2.26. The molecule has 32 heavy (non-hydrogen) atoms. The van der Waals surface area contributed by atoms with Gasteiger partial charge in [-0.3, -0.25) is 4.79 Å². The summed E-state index contributed by atoms with van der Waals surface area (Å²) in [4.78, 5) is 25.8. The highest BCUT2D eigenvalue weighted by molar-refractivity contribution is 5.94. The maximum absolute atomic E-state index is 12.7. The largest absolute Gasteiger partial charge is 0.378 e. The van der Waals surface area contributed by atoms with Crippen LogP contribution in [0.5, 0.6) is 0 Å². The van der Waals surface area contributed by atoms with E-state index >= 15 is 0 Å². The third-order valence-electron chi connectivity index (χ3n) is 5.95. The van der Waals surface area contributed by atoms with Gasteiger partial charge in [0.25, 0.3) is 0 Å². The predicted molar refractivity (Wildman–Crippen MR) is 122 cm³/mol. The van der Waals surface area contributed by atoms with E-state index in [0.29, 0.717) is 13.1 Å². The number of hydrogen-bond donors (Lipinski definition) is 1. The fourth-order valence-electron chi connectivity index (χ4n) is 4.14. The van der Waals surface area contributed by atoms with Crippen LogP contribution in [0.3, 0.4) is 0 Å². The quantitative estimate of drug-likeness (QED) is 0.660. The van der Waals surface area contributed by atoms with Crippen molar-refractivity contribution in [1.82, 2.24) is 19.7 Å². The smallest absolute Gasteiger partial charge is 0.231 e. The van der Waals surface area contributed by atoms with E-state index in [9.17, 15) is 4.79 Å². The van der Waals surface area contributed by atoms with Crippen molar-refractivity contribution in [3.63, 3.8) is 0 Å². The van der Waals surface area contributed by atoms with Crippen LogP contribution in [-0.4, -0.2) is 65.0 Å². The average Bonchev–Trinajstić information content (AvgIpc) is 3.12. The lowest BCUT2D eigenvalue weighted by molar-refractivity contribution is -0.120. The number of rotatable bonds is 5. The number of hydrogen-bond acceptors (Lipinski definition) is 7. The van der Waals surface area contributed by atoms with Crippen LogP contribution in [0.25, 0.3) is 5.82 Å². The van der Waals surface area contributed by atoms with Gasteiger partial charge in [0.2, 0.25) is 5.91 Å². The summed E-state index contributed by atoms with van der Waals surface area (Å²) in [7, 11) is 0. The predicted octanol–water partition coefficient (Wildman–Crippen LogP) is 2.19. The lowest BCUT2D eigenvalue weighted by Gasteiger charge is -2.39. The van der Waals surface area contributed by atoms with E-state index in [-0.39, 0.29) is 11.8 Å². The monoisotopic (exact) mass is 433 g/mol. The maximum atomic E-state index is 12.7. The first kappa shape index (κ1) is 20.4. The zero-order chi connectivity index (χ0) is 22.1. The summed E-state index contributed by atoms with van der Waals surface area (Å²) in [5.74, 6) is 1.50. The summed E-state index contributed by atoms with van der Waals surface area (Å²) in [6, 6.07) is 12.0. The molecule has 1 aromatic carbocycles. The van der Waals surface area contributed by atoms with Crippen molar-refractivity contribution in [3.8, 4) is 5.82 Å². The molecule has 4 heterocycles. The summed E-state index contributed by atoms with van der Waals surface area (Å²) in [5.41, 5.74) is 3.94. The third kappa shape index (κ3) is 4.16. The van der Waals surface area contributed by atoms with Gasteiger partial charge in [0.05, 0.1) is 24.8 Å². The third-order valence-corrected chi connectivity index (χ3v) is 5.95. The second kappa shape index (κ2) is 8.58. The summed E-state index contributed by atoms with van der Waals surface area (Å²) < 4.78 is 7.21. The van der Waals surface area contributed by atoms with Crippen LogP contribution in [0.1, 0.15) is 11.4 Å². The van der Waals surface area contributed by atoms with Crippen molar-refractivity contribution in [2.45, 2.75) is 13.8 Å². The minimum absolute atomic E-state index is 0.0354. The van der Waals surface area contributed by atoms with E-state index in [1.54, 1.807) is 6.33 Å². The molecule has 3 aromatic rings. The highest BCUT2D eigenvalue weighted by Gasteiger charge is 2.33. The Kier molecular flexibility index (Phi) is 5.48. The molecule has 2 aliphatic heterocycles. The van der Waals surface area contributed by atoms with Crippen LogP contribution in [-0.2, 0) is 9.53 Å². The van der Waals surface area contributed by atoms with Gasteiger partial charge < -0.3 is 19.9 Å². The number of nitrogens with one attached hydrogen (secondary N) is 1. The normalized spacial score (nSPS) is 16.7. The van der Waals surface area contributed by atoms with Crippen molar-refractivity contribution >= 4 is 23.1 Å². The molecular weight excluding hydrogens is 406 g/mol. The van der Waals surface area contributed by atoms with Crippen LogP contribution >= 0.6 is 0 Å². The van der Waals surface area contributed by atoms with Crippen molar-refractivity contribution in [3.05, 3.63) is 54.1 Å². The first-order valence-corrected chi connectivity index (χ1v) is 10.9. The molecule has 0 radical (unpaired) electrons. The summed E-state index contributed by atoms with van der Waals surface area (Å²) in [5, 5.41) is 7.52. The Hall–Kier alpha value is -3.46. The van der Waals surface area contributed by atoms with Crippen molar-refractivity contribution in [2.24, 2.45) is 5.92 Å². The van der Waals surface area contributed by atoms with Crippen molar-refractivity contribution < 1.29 is 9.53 Å². The van der Waals surface area contributed by atoms with E-state index < -0.39 is 0 Å². The molecule has 2 saturated heterocycles. The number of carbonyl (C=O) groups is 1. The highest BCUT2D eigenvalue weighted by atomic mass is 16.5. The molecule has 2 aliphatic rings. The molecule has 0 spiro atoms. The van der Waals surface area contributed by atoms with Crippen molar-refractivity contribution in [1.29, 1.82) is 0 Å². The molecule has 0 atom stereocenters. The molecule has 9 nitrogen and oxygen atoms in total. The first-order chi connectivity index (χ1) is 15.6. The lowest BCUT2D eigenvalue weighted by atomic mass is 9.99. The Bertz CT molecular complexity index is 1100. The van der Waals surface area contributed by atoms with Crippen LogP contribution in [0.15, 0.2) is 42.7 Å². The number of benzene rings is 1. The summed E-state index contributed by atoms with van der Waals surface area (Å²) >= 11 is 0. The number of carbonyl (C=O) groups excluding carboxylic acids is 1. The minimum Gasteiger partial charge on any atom is -0.378 e. The van der Waals surface area contributed by atoms with E-state index in [1.807, 2.05) is 42.8 Å². The van der Waals surface area contributed by atoms with E-state index in [4.69, 9.17) is 4.74 Å². The van der Waals surface area contributed by atoms with Gasteiger partial charge in [0.15, 0.2) is 5.82 Å². The fraction of sp³-hybridized carbons (Fsp3) is 0.391. The lowest BCUT2D eigenvalue weighted by Crippen LogP contribution is -2.52. The van der Waals surface area contributed by atoms with E-state index in [2.05, 4.69) is 42.3 Å². The molecular formula is C23H27N7O2. The Balaban J connectivity index is 1.17. The van der Waals surface area contributed by atoms with Gasteiger partial charge in [-0.1, -0.05) is 0 Å². The van der Waals surface area contributed by atoms with E-state index in [0.717, 1.165) is 60.7 Å².